The third kappa shape index (κ3) is 3.78. The Morgan fingerprint density at radius 1 is 1.11 bits per heavy atom. The smallest absolute Gasteiger partial charge is 0.254 e. The van der Waals surface area contributed by atoms with E-state index in [4.69, 9.17) is 0 Å². The molecule has 3 aromatic rings. The second-order valence-corrected chi connectivity index (χ2v) is 5.47. The predicted molar refractivity (Wildman–Crippen MR) is 89.8 cm³/mol. The van der Waals surface area contributed by atoms with Crippen LogP contribution in [0.2, 0.25) is 0 Å². The molecule has 0 radical (unpaired) electrons. The average molecular weight is 372 g/mol. The number of rotatable bonds is 5. The molecule has 1 heterocycles. The van der Waals surface area contributed by atoms with Crippen molar-refractivity contribution in [2.45, 2.75) is 6.04 Å². The fraction of sp³-hybridized carbons (Fsp3) is 0.118. The van der Waals surface area contributed by atoms with Crippen LogP contribution in [-0.2, 0) is 4.79 Å². The van der Waals surface area contributed by atoms with Crippen molar-refractivity contribution in [1.29, 1.82) is 0 Å². The van der Waals surface area contributed by atoms with Gasteiger partial charge >= 0.3 is 0 Å². The highest BCUT2D eigenvalue weighted by Crippen LogP contribution is 2.19. The average Bonchev–Trinajstić information content (AvgIpc) is 3.22. The summed E-state index contributed by atoms with van der Waals surface area (Å²) in [5.41, 5.74) is 0.684. The fourth-order valence-electron chi connectivity index (χ4n) is 2.48. The normalized spacial score (nSPS) is 11.7. The first-order chi connectivity index (χ1) is 13.0. The van der Waals surface area contributed by atoms with E-state index in [1.807, 2.05) is 0 Å². The lowest BCUT2D eigenvalue weighted by Gasteiger charge is -2.19. The largest absolute Gasteiger partial charge is 0.357 e. The van der Waals surface area contributed by atoms with Crippen molar-refractivity contribution in [3.8, 4) is 5.69 Å². The van der Waals surface area contributed by atoms with Crippen molar-refractivity contribution in [1.82, 2.24) is 30.8 Å². The number of nitrogens with one attached hydrogen (secondary N) is 2. The van der Waals surface area contributed by atoms with Crippen LogP contribution >= 0.6 is 0 Å². The van der Waals surface area contributed by atoms with Crippen LogP contribution in [0.1, 0.15) is 22.0 Å². The minimum Gasteiger partial charge on any atom is -0.357 e. The monoisotopic (exact) mass is 372 g/mol. The number of aromatic nitrogens is 4. The van der Waals surface area contributed by atoms with Gasteiger partial charge in [-0.3, -0.25) is 9.59 Å². The number of likely N-dealkylation sites (N-methyl/N-ethyl adjacent to an activating group) is 1. The summed E-state index contributed by atoms with van der Waals surface area (Å²) in [6.45, 7) is 0. The number of para-hydroxylation sites is 1. The number of hydrogen-bond donors (Lipinski definition) is 2. The molecule has 3 rings (SSSR count). The highest BCUT2D eigenvalue weighted by Gasteiger charge is 2.25. The number of nitrogens with zero attached hydrogens (tertiary/aromatic N) is 4. The zero-order valence-electron chi connectivity index (χ0n) is 14.1. The van der Waals surface area contributed by atoms with E-state index in [0.717, 1.165) is 12.1 Å². The number of amides is 2. The number of tetrazole rings is 1. The highest BCUT2D eigenvalue weighted by atomic mass is 19.2. The summed E-state index contributed by atoms with van der Waals surface area (Å²) in [7, 11) is 1.37. The summed E-state index contributed by atoms with van der Waals surface area (Å²) in [5, 5.41) is 15.7. The van der Waals surface area contributed by atoms with Gasteiger partial charge in [0.2, 0.25) is 5.91 Å². The van der Waals surface area contributed by atoms with Crippen molar-refractivity contribution in [3.63, 3.8) is 0 Å². The van der Waals surface area contributed by atoms with Gasteiger partial charge in [0, 0.05) is 7.05 Å². The zero-order valence-corrected chi connectivity index (χ0v) is 14.1. The quantitative estimate of drug-likeness (QED) is 0.700. The van der Waals surface area contributed by atoms with Crippen LogP contribution in [0.4, 0.5) is 8.78 Å². The van der Waals surface area contributed by atoms with Crippen molar-refractivity contribution >= 4 is 11.8 Å². The molecule has 0 saturated carbocycles. The highest BCUT2D eigenvalue weighted by molar-refractivity contribution is 6.00. The second-order valence-electron chi connectivity index (χ2n) is 5.47. The van der Waals surface area contributed by atoms with Crippen LogP contribution in [0, 0.1) is 11.6 Å². The lowest BCUT2D eigenvalue weighted by molar-refractivity contribution is -0.122. The van der Waals surface area contributed by atoms with Crippen LogP contribution in [-0.4, -0.2) is 39.1 Å². The maximum absolute atomic E-state index is 13.6. The molecular formula is C17H14F2N6O2. The Morgan fingerprint density at radius 2 is 1.89 bits per heavy atom. The van der Waals surface area contributed by atoms with Crippen molar-refractivity contribution in [2.75, 3.05) is 7.05 Å². The van der Waals surface area contributed by atoms with Crippen LogP contribution in [0.5, 0.6) is 0 Å². The van der Waals surface area contributed by atoms with E-state index in [1.165, 1.54) is 30.2 Å². The maximum Gasteiger partial charge on any atom is 0.254 e. The van der Waals surface area contributed by atoms with E-state index < -0.39 is 29.5 Å². The van der Waals surface area contributed by atoms with Gasteiger partial charge in [-0.05, 0) is 40.3 Å². The number of hydrogen-bond acceptors (Lipinski definition) is 5. The number of benzene rings is 2. The van der Waals surface area contributed by atoms with Gasteiger partial charge in [-0.25, -0.2) is 8.78 Å². The van der Waals surface area contributed by atoms with E-state index >= 15 is 0 Å². The summed E-state index contributed by atoms with van der Waals surface area (Å²) < 4.78 is 28.1. The van der Waals surface area contributed by atoms with Crippen molar-refractivity contribution in [3.05, 3.63) is 71.6 Å². The van der Waals surface area contributed by atoms with E-state index in [-0.39, 0.29) is 11.1 Å². The standard InChI is InChI=1S/C17H14F2N6O2/c1-20-17(27)15(10-6-7-12(18)13(19)8-10)22-16(26)11-4-2-3-5-14(11)25-9-21-23-24-25/h2-9,15H,1H3,(H,20,27)(H,22,26). The molecule has 1 unspecified atom stereocenters. The van der Waals surface area contributed by atoms with Crippen LogP contribution in [0.15, 0.2) is 48.8 Å². The van der Waals surface area contributed by atoms with E-state index in [0.29, 0.717) is 5.69 Å². The lowest BCUT2D eigenvalue weighted by atomic mass is 10.0. The molecule has 0 aliphatic heterocycles. The van der Waals surface area contributed by atoms with Gasteiger partial charge in [0.25, 0.3) is 5.91 Å². The van der Waals surface area contributed by atoms with Crippen LogP contribution < -0.4 is 10.6 Å². The first-order valence-electron chi connectivity index (χ1n) is 7.81. The molecule has 0 aliphatic rings. The molecule has 0 bridgehead atoms. The molecule has 138 valence electrons. The third-order valence-corrected chi connectivity index (χ3v) is 3.81. The third-order valence-electron chi connectivity index (χ3n) is 3.81. The van der Waals surface area contributed by atoms with E-state index in [2.05, 4.69) is 26.2 Å². The number of carbonyl (C=O) groups is 2. The van der Waals surface area contributed by atoms with Gasteiger partial charge in [0.05, 0.1) is 11.3 Å². The Morgan fingerprint density at radius 3 is 2.56 bits per heavy atom. The first-order valence-corrected chi connectivity index (χ1v) is 7.81. The van der Waals surface area contributed by atoms with Crippen LogP contribution in [0.25, 0.3) is 5.69 Å². The first kappa shape index (κ1) is 18.1. The topological polar surface area (TPSA) is 102 Å². The molecule has 0 fully saturated rings. The Labute approximate surface area is 152 Å². The second kappa shape index (κ2) is 7.68. The van der Waals surface area contributed by atoms with Gasteiger partial charge < -0.3 is 10.6 Å². The van der Waals surface area contributed by atoms with E-state index in [1.54, 1.807) is 18.2 Å². The summed E-state index contributed by atoms with van der Waals surface area (Å²) in [6, 6.07) is 8.24. The van der Waals surface area contributed by atoms with Crippen molar-refractivity contribution < 1.29 is 18.4 Å². The molecule has 27 heavy (non-hydrogen) atoms. The molecule has 0 spiro atoms. The molecule has 1 atom stereocenters. The van der Waals surface area contributed by atoms with Gasteiger partial charge in [-0.2, -0.15) is 4.68 Å². The van der Waals surface area contributed by atoms with Crippen LogP contribution in [0.3, 0.4) is 0 Å². The summed E-state index contributed by atoms with van der Waals surface area (Å²) in [6.07, 6.45) is 1.32. The Balaban J connectivity index is 1.94. The minimum atomic E-state index is -1.22. The summed E-state index contributed by atoms with van der Waals surface area (Å²) >= 11 is 0. The molecule has 2 aromatic carbocycles. The Kier molecular flexibility index (Phi) is 5.15. The lowest BCUT2D eigenvalue weighted by Crippen LogP contribution is -2.39. The van der Waals surface area contributed by atoms with E-state index in [9.17, 15) is 18.4 Å². The van der Waals surface area contributed by atoms with Gasteiger partial charge in [0.1, 0.15) is 12.4 Å². The minimum absolute atomic E-state index is 0.0986. The fourth-order valence-corrected chi connectivity index (χ4v) is 2.48. The molecule has 10 heteroatoms. The van der Waals surface area contributed by atoms with Gasteiger partial charge in [-0.1, -0.05) is 18.2 Å². The molecular weight excluding hydrogens is 358 g/mol. The molecule has 0 aliphatic carbocycles. The SMILES string of the molecule is CNC(=O)C(NC(=O)c1ccccc1-n1cnnn1)c1ccc(F)c(F)c1. The molecule has 2 N–H and O–H groups in total. The summed E-state index contributed by atoms with van der Waals surface area (Å²) in [4.78, 5) is 25.0. The number of halogens is 2. The van der Waals surface area contributed by atoms with Crippen molar-refractivity contribution in [2.24, 2.45) is 0 Å². The predicted octanol–water partition coefficient (Wildman–Crippen LogP) is 1.16. The Bertz CT molecular complexity index is 977. The summed E-state index contributed by atoms with van der Waals surface area (Å²) in [5.74, 6) is -3.37. The van der Waals surface area contributed by atoms with Gasteiger partial charge in [-0.15, -0.1) is 5.10 Å². The molecule has 8 nitrogen and oxygen atoms in total. The molecule has 1 aromatic heterocycles. The molecule has 0 saturated heterocycles. The van der Waals surface area contributed by atoms with Gasteiger partial charge in [0.15, 0.2) is 11.6 Å². The zero-order chi connectivity index (χ0) is 19.4. The molecule has 2 amide bonds. The number of carbonyl (C=O) groups excluding carboxylic acids is 2. The Hall–Kier alpha value is -3.69. The maximum atomic E-state index is 13.6.